The van der Waals surface area contributed by atoms with Gasteiger partial charge < -0.3 is 15.4 Å². The van der Waals surface area contributed by atoms with E-state index in [0.717, 1.165) is 5.56 Å². The van der Waals surface area contributed by atoms with Gasteiger partial charge in [0.2, 0.25) is 0 Å². The number of carbonyl (C=O) groups is 2. The Hall–Kier alpha value is -1.95. The molecule has 0 aliphatic carbocycles. The van der Waals surface area contributed by atoms with E-state index in [4.69, 9.17) is 10.5 Å². The number of carbonyl (C=O) groups excluding carboxylic acids is 2. The molecular weight excluding hydrogens is 275 g/mol. The zero-order chi connectivity index (χ0) is 16.0. The Morgan fingerprint density at radius 1 is 1.29 bits per heavy atom. The second-order valence-electron chi connectivity index (χ2n) is 4.58. The van der Waals surface area contributed by atoms with E-state index >= 15 is 0 Å². The van der Waals surface area contributed by atoms with Gasteiger partial charge in [0, 0.05) is 6.54 Å². The topological polar surface area (TPSA) is 72.6 Å². The molecule has 0 aliphatic heterocycles. The van der Waals surface area contributed by atoms with Crippen LogP contribution < -0.4 is 5.73 Å². The summed E-state index contributed by atoms with van der Waals surface area (Å²) in [5.41, 5.74) is 6.40. The van der Waals surface area contributed by atoms with Crippen molar-refractivity contribution in [3.63, 3.8) is 0 Å². The molecule has 1 aromatic carbocycles. The van der Waals surface area contributed by atoms with E-state index in [1.54, 1.807) is 32.9 Å². The molecule has 2 N–H and O–H groups in total. The Bertz CT molecular complexity index is 490. The maximum Gasteiger partial charge on any atom is 0.332 e. The van der Waals surface area contributed by atoms with Gasteiger partial charge in [0.1, 0.15) is 5.82 Å². The standard InChI is InChI=1S/C15H21FN2O3/c1-4-18(14(19)13(17)15(20)21-5-2)10(3)11-6-8-12(16)9-7-11/h6-10,13H,4-5,17H2,1-3H3. The fourth-order valence-corrected chi connectivity index (χ4v) is 2.05. The van der Waals surface area contributed by atoms with Crippen molar-refractivity contribution < 1.29 is 18.7 Å². The molecule has 2 unspecified atom stereocenters. The van der Waals surface area contributed by atoms with Crippen LogP contribution in [0.4, 0.5) is 4.39 Å². The van der Waals surface area contributed by atoms with E-state index in [1.165, 1.54) is 17.0 Å². The molecule has 6 heteroatoms. The van der Waals surface area contributed by atoms with E-state index in [9.17, 15) is 14.0 Å². The number of benzene rings is 1. The van der Waals surface area contributed by atoms with E-state index in [-0.39, 0.29) is 18.5 Å². The van der Waals surface area contributed by atoms with E-state index in [2.05, 4.69) is 0 Å². The molecule has 2 atom stereocenters. The van der Waals surface area contributed by atoms with Crippen molar-refractivity contribution in [3.05, 3.63) is 35.6 Å². The summed E-state index contributed by atoms with van der Waals surface area (Å²) in [5.74, 6) is -1.59. The van der Waals surface area contributed by atoms with E-state index in [0.29, 0.717) is 6.54 Å². The summed E-state index contributed by atoms with van der Waals surface area (Å²) in [6.45, 7) is 5.78. The summed E-state index contributed by atoms with van der Waals surface area (Å²) in [7, 11) is 0. The molecule has 0 aromatic heterocycles. The number of likely N-dealkylation sites (N-methyl/N-ethyl adjacent to an activating group) is 1. The van der Waals surface area contributed by atoms with Crippen LogP contribution in [0.1, 0.15) is 32.4 Å². The Labute approximate surface area is 123 Å². The first-order valence-corrected chi connectivity index (χ1v) is 6.90. The van der Waals surface area contributed by atoms with Crippen molar-refractivity contribution in [2.45, 2.75) is 32.9 Å². The van der Waals surface area contributed by atoms with Crippen LogP contribution in [0, 0.1) is 5.82 Å². The normalized spacial score (nSPS) is 13.4. The van der Waals surface area contributed by atoms with Gasteiger partial charge in [0.05, 0.1) is 12.6 Å². The number of nitrogens with two attached hydrogens (primary N) is 1. The van der Waals surface area contributed by atoms with Gasteiger partial charge in [-0.05, 0) is 38.5 Å². The Morgan fingerprint density at radius 3 is 2.33 bits per heavy atom. The van der Waals surface area contributed by atoms with Crippen LogP contribution in [0.5, 0.6) is 0 Å². The number of esters is 1. The third-order valence-electron chi connectivity index (χ3n) is 3.25. The quantitative estimate of drug-likeness (QED) is 0.639. The lowest BCUT2D eigenvalue weighted by molar-refractivity contribution is -0.151. The van der Waals surface area contributed by atoms with Crippen molar-refractivity contribution in [1.29, 1.82) is 0 Å². The molecule has 1 amide bonds. The van der Waals surface area contributed by atoms with Crippen molar-refractivity contribution in [3.8, 4) is 0 Å². The van der Waals surface area contributed by atoms with E-state index in [1.807, 2.05) is 0 Å². The van der Waals surface area contributed by atoms with Gasteiger partial charge in [-0.15, -0.1) is 0 Å². The molecule has 0 bridgehead atoms. The van der Waals surface area contributed by atoms with Crippen molar-refractivity contribution in [1.82, 2.24) is 4.90 Å². The highest BCUT2D eigenvalue weighted by molar-refractivity contribution is 6.01. The number of amides is 1. The van der Waals surface area contributed by atoms with Crippen LogP contribution in [0.3, 0.4) is 0 Å². The summed E-state index contributed by atoms with van der Waals surface area (Å²) in [4.78, 5) is 25.3. The van der Waals surface area contributed by atoms with Gasteiger partial charge in [-0.3, -0.25) is 4.79 Å². The second-order valence-corrected chi connectivity index (χ2v) is 4.58. The Kier molecular flexibility index (Phi) is 6.30. The van der Waals surface area contributed by atoms with Gasteiger partial charge in [0.15, 0.2) is 6.04 Å². The van der Waals surface area contributed by atoms with Crippen molar-refractivity contribution in [2.75, 3.05) is 13.2 Å². The average molecular weight is 296 g/mol. The molecule has 0 saturated heterocycles. The number of ether oxygens (including phenoxy) is 1. The van der Waals surface area contributed by atoms with Crippen molar-refractivity contribution >= 4 is 11.9 Å². The molecule has 5 nitrogen and oxygen atoms in total. The van der Waals surface area contributed by atoms with Gasteiger partial charge in [-0.1, -0.05) is 12.1 Å². The molecule has 116 valence electrons. The molecule has 0 fully saturated rings. The van der Waals surface area contributed by atoms with Crippen LogP contribution in [0.25, 0.3) is 0 Å². The van der Waals surface area contributed by atoms with Crippen LogP contribution in [0.2, 0.25) is 0 Å². The Balaban J connectivity index is 2.88. The summed E-state index contributed by atoms with van der Waals surface area (Å²) < 4.78 is 17.7. The number of hydrogen-bond acceptors (Lipinski definition) is 4. The number of halogens is 1. The predicted octanol–water partition coefficient (Wildman–Crippen LogP) is 1.63. The van der Waals surface area contributed by atoms with E-state index < -0.39 is 17.9 Å². The molecule has 0 heterocycles. The van der Waals surface area contributed by atoms with Crippen LogP contribution in [-0.2, 0) is 14.3 Å². The van der Waals surface area contributed by atoms with Gasteiger partial charge in [0.25, 0.3) is 5.91 Å². The average Bonchev–Trinajstić information content (AvgIpc) is 2.47. The Morgan fingerprint density at radius 2 is 1.86 bits per heavy atom. The lowest BCUT2D eigenvalue weighted by Crippen LogP contribution is -2.49. The van der Waals surface area contributed by atoms with Gasteiger partial charge in [-0.2, -0.15) is 0 Å². The zero-order valence-electron chi connectivity index (χ0n) is 12.5. The first-order valence-electron chi connectivity index (χ1n) is 6.90. The van der Waals surface area contributed by atoms with Crippen LogP contribution in [-0.4, -0.2) is 36.0 Å². The zero-order valence-corrected chi connectivity index (χ0v) is 12.5. The van der Waals surface area contributed by atoms with Gasteiger partial charge >= 0.3 is 5.97 Å². The second kappa shape index (κ2) is 7.73. The molecule has 0 radical (unpaired) electrons. The summed E-state index contributed by atoms with van der Waals surface area (Å²) in [6, 6.07) is 4.21. The predicted molar refractivity (Wildman–Crippen MR) is 76.8 cm³/mol. The molecule has 1 rings (SSSR count). The molecule has 21 heavy (non-hydrogen) atoms. The van der Waals surface area contributed by atoms with Crippen LogP contribution in [0.15, 0.2) is 24.3 Å². The number of nitrogens with zero attached hydrogens (tertiary/aromatic N) is 1. The molecule has 1 aromatic rings. The third kappa shape index (κ3) is 4.26. The molecule has 0 saturated carbocycles. The third-order valence-corrected chi connectivity index (χ3v) is 3.25. The smallest absolute Gasteiger partial charge is 0.332 e. The number of hydrogen-bond donors (Lipinski definition) is 1. The maximum absolute atomic E-state index is 12.9. The highest BCUT2D eigenvalue weighted by Crippen LogP contribution is 2.21. The fourth-order valence-electron chi connectivity index (χ4n) is 2.05. The lowest BCUT2D eigenvalue weighted by atomic mass is 10.1. The summed E-state index contributed by atoms with van der Waals surface area (Å²) in [6.07, 6.45) is 0. The molecule has 0 aliphatic rings. The highest BCUT2D eigenvalue weighted by Gasteiger charge is 2.30. The minimum Gasteiger partial charge on any atom is -0.464 e. The fraction of sp³-hybridized carbons (Fsp3) is 0.467. The van der Waals surface area contributed by atoms with Crippen molar-refractivity contribution in [2.24, 2.45) is 5.73 Å². The lowest BCUT2D eigenvalue weighted by Gasteiger charge is -2.30. The minimum atomic E-state index is -1.34. The summed E-state index contributed by atoms with van der Waals surface area (Å²) >= 11 is 0. The SMILES string of the molecule is CCOC(=O)C(N)C(=O)N(CC)C(C)c1ccc(F)cc1. The van der Waals surface area contributed by atoms with Crippen LogP contribution >= 0.6 is 0 Å². The minimum absolute atomic E-state index is 0.166. The first kappa shape index (κ1) is 17.1. The highest BCUT2D eigenvalue weighted by atomic mass is 19.1. The molecular formula is C15H21FN2O3. The largest absolute Gasteiger partial charge is 0.464 e. The maximum atomic E-state index is 12.9. The monoisotopic (exact) mass is 296 g/mol. The summed E-state index contributed by atoms with van der Waals surface area (Å²) in [5, 5.41) is 0. The molecule has 0 spiro atoms. The number of rotatable bonds is 6. The first-order chi connectivity index (χ1) is 9.92. The van der Waals surface area contributed by atoms with Gasteiger partial charge in [-0.25, -0.2) is 9.18 Å².